The first-order valence-electron chi connectivity index (χ1n) is 6.99. The van der Waals surface area contributed by atoms with Crippen molar-refractivity contribution in [3.8, 4) is 5.75 Å². The van der Waals surface area contributed by atoms with E-state index < -0.39 is 7.60 Å². The van der Waals surface area contributed by atoms with Crippen LogP contribution in [0.1, 0.15) is 18.9 Å². The first kappa shape index (κ1) is 17.4. The van der Waals surface area contributed by atoms with Crippen molar-refractivity contribution in [1.82, 2.24) is 4.98 Å². The molecular weight excluding hydrogens is 325 g/mol. The van der Waals surface area contributed by atoms with Gasteiger partial charge in [-0.25, -0.2) is 4.98 Å². The molecule has 0 aliphatic heterocycles. The van der Waals surface area contributed by atoms with Crippen LogP contribution in [0.15, 0.2) is 18.2 Å². The number of fused-ring (bicyclic) bond motifs is 1. The summed E-state index contributed by atoms with van der Waals surface area (Å²) >= 11 is 1.46. The highest BCUT2D eigenvalue weighted by Crippen LogP contribution is 2.52. The Labute approximate surface area is 133 Å². The molecule has 0 amide bonds. The second kappa shape index (κ2) is 8.04. The lowest BCUT2D eigenvalue weighted by atomic mass is 10.3. The zero-order chi connectivity index (χ0) is 16.0. The Hall–Kier alpha value is -0.980. The van der Waals surface area contributed by atoms with Gasteiger partial charge in [0, 0.05) is 7.11 Å². The van der Waals surface area contributed by atoms with E-state index in [0.717, 1.165) is 15.2 Å². The Balaban J connectivity index is 2.19. The van der Waals surface area contributed by atoms with Crippen LogP contribution in [0.25, 0.3) is 10.2 Å². The third kappa shape index (κ3) is 4.51. The average Bonchev–Trinajstić information content (AvgIpc) is 2.86. The minimum absolute atomic E-state index is 0.183. The van der Waals surface area contributed by atoms with E-state index in [-0.39, 0.29) is 13.0 Å². The van der Waals surface area contributed by atoms with E-state index in [4.69, 9.17) is 18.5 Å². The number of nitrogens with zero attached hydrogens (tertiary/aromatic N) is 1. The fourth-order valence-electron chi connectivity index (χ4n) is 1.92. The molecule has 0 N–H and O–H groups in total. The van der Waals surface area contributed by atoms with E-state index in [1.165, 1.54) is 11.3 Å². The van der Waals surface area contributed by atoms with Crippen LogP contribution in [0.4, 0.5) is 0 Å². The largest absolute Gasteiger partial charge is 0.468 e. The first-order valence-corrected chi connectivity index (χ1v) is 9.54. The van der Waals surface area contributed by atoms with Crippen LogP contribution < -0.4 is 4.74 Å². The standard InChI is InChI=1S/C14H20NO5PS/c1-4-19-21(16,20-5-2)9-14-15-12-7-6-11(18-10-17-3)8-13(12)22-14/h6-8H,4-5,9-10H2,1-3H3. The predicted molar refractivity (Wildman–Crippen MR) is 86.7 cm³/mol. The summed E-state index contributed by atoms with van der Waals surface area (Å²) in [4.78, 5) is 4.48. The third-order valence-electron chi connectivity index (χ3n) is 2.73. The topological polar surface area (TPSA) is 66.9 Å². The monoisotopic (exact) mass is 345 g/mol. The quantitative estimate of drug-likeness (QED) is 0.505. The van der Waals surface area contributed by atoms with Gasteiger partial charge in [0.15, 0.2) is 6.79 Å². The number of methoxy groups -OCH3 is 1. The van der Waals surface area contributed by atoms with Crippen molar-refractivity contribution in [3.63, 3.8) is 0 Å². The summed E-state index contributed by atoms with van der Waals surface area (Å²) in [5, 5.41) is 0.726. The zero-order valence-corrected chi connectivity index (χ0v) is 14.6. The molecule has 0 spiro atoms. The van der Waals surface area contributed by atoms with Crippen molar-refractivity contribution in [2.75, 3.05) is 27.1 Å². The highest BCUT2D eigenvalue weighted by Gasteiger charge is 2.26. The van der Waals surface area contributed by atoms with E-state index in [9.17, 15) is 4.57 Å². The van der Waals surface area contributed by atoms with E-state index >= 15 is 0 Å². The van der Waals surface area contributed by atoms with Gasteiger partial charge in [0.1, 0.15) is 16.9 Å². The summed E-state index contributed by atoms with van der Waals surface area (Å²) in [7, 11) is -1.56. The average molecular weight is 345 g/mol. The molecule has 0 saturated heterocycles. The smallest absolute Gasteiger partial charge is 0.337 e. The molecule has 8 heteroatoms. The first-order chi connectivity index (χ1) is 10.6. The van der Waals surface area contributed by atoms with E-state index in [1.807, 2.05) is 18.2 Å². The Bertz CT molecular complexity index is 650. The van der Waals surface area contributed by atoms with Crippen LogP contribution in [0, 0.1) is 0 Å². The molecule has 0 aliphatic rings. The molecule has 0 radical (unpaired) electrons. The Morgan fingerprint density at radius 1 is 1.23 bits per heavy atom. The molecule has 1 aromatic carbocycles. The molecule has 1 aromatic heterocycles. The van der Waals surface area contributed by atoms with E-state index in [0.29, 0.717) is 19.0 Å². The minimum Gasteiger partial charge on any atom is -0.468 e. The Morgan fingerprint density at radius 2 is 1.95 bits per heavy atom. The molecule has 6 nitrogen and oxygen atoms in total. The normalized spacial score (nSPS) is 12.0. The molecule has 0 saturated carbocycles. The van der Waals surface area contributed by atoms with Gasteiger partial charge in [0.2, 0.25) is 0 Å². The maximum Gasteiger partial charge on any atom is 0.337 e. The summed E-state index contributed by atoms with van der Waals surface area (Å²) in [5.41, 5.74) is 0.837. The van der Waals surface area contributed by atoms with Crippen molar-refractivity contribution >= 4 is 29.1 Å². The molecule has 0 bridgehead atoms. The van der Waals surface area contributed by atoms with Crippen LogP contribution in [0.2, 0.25) is 0 Å². The summed E-state index contributed by atoms with van der Waals surface area (Å²) < 4.78 is 34.4. The highest BCUT2D eigenvalue weighted by atomic mass is 32.1. The maximum atomic E-state index is 12.5. The fourth-order valence-corrected chi connectivity index (χ4v) is 4.89. The second-order valence-corrected chi connectivity index (χ2v) is 7.56. The molecule has 2 rings (SSSR count). The summed E-state index contributed by atoms with van der Waals surface area (Å²) in [5.74, 6) is 0.711. The molecule has 122 valence electrons. The molecule has 0 atom stereocenters. The van der Waals surface area contributed by atoms with Crippen LogP contribution >= 0.6 is 18.9 Å². The minimum atomic E-state index is -3.13. The Morgan fingerprint density at radius 3 is 2.59 bits per heavy atom. The number of benzene rings is 1. The van der Waals surface area contributed by atoms with Crippen LogP contribution in [-0.2, 0) is 24.5 Å². The summed E-state index contributed by atoms with van der Waals surface area (Å²) in [6.07, 6.45) is 0.183. The predicted octanol–water partition coefficient (Wildman–Crippen LogP) is 4.05. The molecule has 22 heavy (non-hydrogen) atoms. The van der Waals surface area contributed by atoms with Crippen molar-refractivity contribution in [2.45, 2.75) is 20.0 Å². The zero-order valence-electron chi connectivity index (χ0n) is 12.9. The van der Waals surface area contributed by atoms with Crippen LogP contribution in [0.3, 0.4) is 0 Å². The third-order valence-corrected chi connectivity index (χ3v) is 5.95. The van der Waals surface area contributed by atoms with Crippen molar-refractivity contribution in [1.29, 1.82) is 0 Å². The van der Waals surface area contributed by atoms with Gasteiger partial charge in [-0.05, 0) is 32.0 Å². The number of hydrogen-bond acceptors (Lipinski definition) is 7. The van der Waals surface area contributed by atoms with Gasteiger partial charge in [-0.3, -0.25) is 4.57 Å². The van der Waals surface area contributed by atoms with Gasteiger partial charge < -0.3 is 18.5 Å². The van der Waals surface area contributed by atoms with E-state index in [1.54, 1.807) is 21.0 Å². The summed E-state index contributed by atoms with van der Waals surface area (Å²) in [6, 6.07) is 5.59. The maximum absolute atomic E-state index is 12.5. The van der Waals surface area contributed by atoms with Crippen molar-refractivity contribution < 1.29 is 23.1 Å². The number of hydrogen-bond donors (Lipinski definition) is 0. The van der Waals surface area contributed by atoms with Crippen molar-refractivity contribution in [2.24, 2.45) is 0 Å². The molecule has 0 aliphatic carbocycles. The SMILES string of the molecule is CCOP(=O)(Cc1nc2ccc(OCOC)cc2s1)OCC. The number of rotatable bonds is 9. The molecule has 0 fully saturated rings. The number of aromatic nitrogens is 1. The van der Waals surface area contributed by atoms with Gasteiger partial charge in [0.25, 0.3) is 0 Å². The molecule has 1 heterocycles. The van der Waals surface area contributed by atoms with Gasteiger partial charge in [-0.2, -0.15) is 0 Å². The van der Waals surface area contributed by atoms with Gasteiger partial charge >= 0.3 is 7.60 Å². The molecular formula is C14H20NO5PS. The Kier molecular flexibility index (Phi) is 6.35. The van der Waals surface area contributed by atoms with Crippen LogP contribution in [0.5, 0.6) is 5.75 Å². The molecule has 0 unspecified atom stereocenters. The lowest BCUT2D eigenvalue weighted by molar-refractivity contribution is 0.0512. The summed E-state index contributed by atoms with van der Waals surface area (Å²) in [6.45, 7) is 4.47. The number of ether oxygens (including phenoxy) is 2. The van der Waals surface area contributed by atoms with E-state index in [2.05, 4.69) is 4.98 Å². The number of thiazole rings is 1. The molecule has 2 aromatic rings. The van der Waals surface area contributed by atoms with Gasteiger partial charge in [0.05, 0.1) is 23.4 Å². The van der Waals surface area contributed by atoms with Gasteiger partial charge in [-0.1, -0.05) is 0 Å². The van der Waals surface area contributed by atoms with Crippen LogP contribution in [-0.4, -0.2) is 32.1 Å². The van der Waals surface area contributed by atoms with Crippen molar-refractivity contribution in [3.05, 3.63) is 23.2 Å². The fraction of sp³-hybridized carbons (Fsp3) is 0.500. The highest BCUT2D eigenvalue weighted by molar-refractivity contribution is 7.53. The lowest BCUT2D eigenvalue weighted by Crippen LogP contribution is -1.98. The van der Waals surface area contributed by atoms with Gasteiger partial charge in [-0.15, -0.1) is 11.3 Å². The second-order valence-electron chi connectivity index (χ2n) is 4.39. The lowest BCUT2D eigenvalue weighted by Gasteiger charge is -2.15.